The summed E-state index contributed by atoms with van der Waals surface area (Å²) in [6, 6.07) is 10.9. The van der Waals surface area contributed by atoms with E-state index in [4.69, 9.17) is 10.5 Å². The highest BCUT2D eigenvalue weighted by Gasteiger charge is 2.04. The van der Waals surface area contributed by atoms with Gasteiger partial charge in [0.15, 0.2) is 0 Å². The molecule has 2 aromatic carbocycles. The van der Waals surface area contributed by atoms with Crippen molar-refractivity contribution >= 4 is 5.69 Å². The van der Waals surface area contributed by atoms with E-state index in [1.807, 2.05) is 32.0 Å². The average molecular weight is 243 g/mol. The maximum atomic E-state index is 9.37. The second-order valence-corrected chi connectivity index (χ2v) is 4.43. The molecule has 3 nitrogen and oxygen atoms in total. The third-order valence-electron chi connectivity index (χ3n) is 2.87. The van der Waals surface area contributed by atoms with Gasteiger partial charge in [0, 0.05) is 5.69 Å². The molecule has 2 rings (SSSR count). The first-order valence-electron chi connectivity index (χ1n) is 5.83. The zero-order valence-corrected chi connectivity index (χ0v) is 10.6. The number of nitrogen functional groups attached to an aromatic ring is 1. The second-order valence-electron chi connectivity index (χ2n) is 4.43. The van der Waals surface area contributed by atoms with E-state index in [1.54, 1.807) is 18.2 Å². The summed E-state index contributed by atoms with van der Waals surface area (Å²) in [5, 5.41) is 9.37. The minimum absolute atomic E-state index is 0.251. The van der Waals surface area contributed by atoms with E-state index >= 15 is 0 Å². The molecule has 0 bridgehead atoms. The summed E-state index contributed by atoms with van der Waals surface area (Å²) in [5.74, 6) is 1.08. The van der Waals surface area contributed by atoms with Gasteiger partial charge in [-0.1, -0.05) is 12.1 Å². The second kappa shape index (κ2) is 5.00. The summed E-state index contributed by atoms with van der Waals surface area (Å²) < 4.78 is 5.75. The molecule has 0 unspecified atom stereocenters. The number of nitrogens with two attached hydrogens (primary N) is 1. The summed E-state index contributed by atoms with van der Waals surface area (Å²) in [5.41, 5.74) is 9.56. The van der Waals surface area contributed by atoms with Crippen molar-refractivity contribution in [3.8, 4) is 11.5 Å². The molecule has 0 heterocycles. The zero-order chi connectivity index (χ0) is 13.1. The molecule has 0 aliphatic carbocycles. The minimum atomic E-state index is 0.251. The number of phenols is 1. The lowest BCUT2D eigenvalue weighted by Gasteiger charge is -2.11. The Bertz CT molecular complexity index is 564. The predicted molar refractivity (Wildman–Crippen MR) is 72.8 cm³/mol. The topological polar surface area (TPSA) is 55.5 Å². The summed E-state index contributed by atoms with van der Waals surface area (Å²) >= 11 is 0. The third-order valence-corrected chi connectivity index (χ3v) is 2.87. The lowest BCUT2D eigenvalue weighted by atomic mass is 10.1. The molecule has 0 saturated carbocycles. The predicted octanol–water partition coefficient (Wildman–Crippen LogP) is 3.17. The molecule has 0 aliphatic rings. The van der Waals surface area contributed by atoms with Gasteiger partial charge in [0.25, 0.3) is 0 Å². The number of ether oxygens (including phenoxy) is 1. The fourth-order valence-corrected chi connectivity index (χ4v) is 1.77. The summed E-state index contributed by atoms with van der Waals surface area (Å²) in [6.07, 6.45) is 0. The van der Waals surface area contributed by atoms with Crippen LogP contribution in [0.15, 0.2) is 36.4 Å². The molecule has 0 amide bonds. The number of aromatic hydroxyl groups is 1. The van der Waals surface area contributed by atoms with Crippen molar-refractivity contribution in [1.82, 2.24) is 0 Å². The lowest BCUT2D eigenvalue weighted by Crippen LogP contribution is -1.99. The van der Waals surface area contributed by atoms with Crippen molar-refractivity contribution in [3.63, 3.8) is 0 Å². The number of rotatable bonds is 3. The van der Waals surface area contributed by atoms with Gasteiger partial charge in [0.1, 0.15) is 18.1 Å². The van der Waals surface area contributed by atoms with E-state index in [2.05, 4.69) is 0 Å². The Balaban J connectivity index is 2.13. The Morgan fingerprint density at radius 1 is 1.11 bits per heavy atom. The highest BCUT2D eigenvalue weighted by molar-refractivity contribution is 5.53. The molecule has 3 heteroatoms. The quantitative estimate of drug-likeness (QED) is 0.814. The first-order valence-corrected chi connectivity index (χ1v) is 5.83. The van der Waals surface area contributed by atoms with Crippen molar-refractivity contribution in [2.75, 3.05) is 5.73 Å². The molecule has 0 saturated heterocycles. The van der Waals surface area contributed by atoms with Crippen molar-refractivity contribution < 1.29 is 9.84 Å². The third kappa shape index (κ3) is 2.74. The van der Waals surface area contributed by atoms with E-state index in [1.165, 1.54) is 0 Å². The van der Waals surface area contributed by atoms with E-state index in [-0.39, 0.29) is 5.75 Å². The van der Waals surface area contributed by atoms with Gasteiger partial charge < -0.3 is 15.6 Å². The fraction of sp³-hybridized carbons (Fsp3) is 0.200. The maximum absolute atomic E-state index is 9.37. The highest BCUT2D eigenvalue weighted by Crippen LogP contribution is 2.25. The maximum Gasteiger partial charge on any atom is 0.123 e. The van der Waals surface area contributed by atoms with Crippen LogP contribution in [0, 0.1) is 13.8 Å². The average Bonchev–Trinajstić information content (AvgIpc) is 2.32. The Kier molecular flexibility index (Phi) is 3.42. The van der Waals surface area contributed by atoms with E-state index in [0.717, 1.165) is 28.1 Å². The van der Waals surface area contributed by atoms with Gasteiger partial charge in [-0.2, -0.15) is 0 Å². The minimum Gasteiger partial charge on any atom is -0.508 e. The number of aryl methyl sites for hydroxylation is 2. The molecule has 0 radical (unpaired) electrons. The highest BCUT2D eigenvalue weighted by atomic mass is 16.5. The van der Waals surface area contributed by atoms with Gasteiger partial charge in [-0.25, -0.2) is 0 Å². The van der Waals surface area contributed by atoms with Crippen LogP contribution >= 0.6 is 0 Å². The van der Waals surface area contributed by atoms with Crippen molar-refractivity contribution in [3.05, 3.63) is 53.1 Å². The number of hydrogen-bond acceptors (Lipinski definition) is 3. The van der Waals surface area contributed by atoms with E-state index < -0.39 is 0 Å². The Morgan fingerprint density at radius 3 is 2.61 bits per heavy atom. The molecule has 2 aromatic rings. The van der Waals surface area contributed by atoms with Crippen LogP contribution < -0.4 is 10.5 Å². The van der Waals surface area contributed by atoms with Crippen LogP contribution in [-0.4, -0.2) is 5.11 Å². The summed E-state index contributed by atoms with van der Waals surface area (Å²) in [6.45, 7) is 4.35. The number of benzene rings is 2. The standard InChI is InChI=1S/C15H17NO2/c1-10-7-15(11(2)6-14(10)16)18-9-12-4-3-5-13(17)8-12/h3-8,17H,9,16H2,1-2H3. The largest absolute Gasteiger partial charge is 0.508 e. The molecule has 0 atom stereocenters. The SMILES string of the molecule is Cc1cc(OCc2cccc(O)c2)c(C)cc1N. The lowest BCUT2D eigenvalue weighted by molar-refractivity contribution is 0.303. The summed E-state index contributed by atoms with van der Waals surface area (Å²) in [4.78, 5) is 0. The molecule has 0 fully saturated rings. The summed E-state index contributed by atoms with van der Waals surface area (Å²) in [7, 11) is 0. The molecule has 0 spiro atoms. The van der Waals surface area contributed by atoms with Crippen LogP contribution in [0.5, 0.6) is 11.5 Å². The molecule has 0 aliphatic heterocycles. The van der Waals surface area contributed by atoms with Gasteiger partial charge >= 0.3 is 0 Å². The van der Waals surface area contributed by atoms with Crippen LogP contribution in [0.1, 0.15) is 16.7 Å². The van der Waals surface area contributed by atoms with E-state index in [0.29, 0.717) is 6.61 Å². The van der Waals surface area contributed by atoms with Gasteiger partial charge in [-0.15, -0.1) is 0 Å². The van der Waals surface area contributed by atoms with Gasteiger partial charge in [-0.3, -0.25) is 0 Å². The van der Waals surface area contributed by atoms with Crippen molar-refractivity contribution in [2.24, 2.45) is 0 Å². The monoisotopic (exact) mass is 243 g/mol. The molecule has 18 heavy (non-hydrogen) atoms. The Labute approximate surface area is 107 Å². The van der Waals surface area contributed by atoms with E-state index in [9.17, 15) is 5.11 Å². The molecular formula is C15H17NO2. The van der Waals surface area contributed by atoms with Crippen molar-refractivity contribution in [2.45, 2.75) is 20.5 Å². The van der Waals surface area contributed by atoms with Crippen LogP contribution in [0.4, 0.5) is 5.69 Å². The van der Waals surface area contributed by atoms with Crippen LogP contribution in [0.3, 0.4) is 0 Å². The molecule has 94 valence electrons. The van der Waals surface area contributed by atoms with Crippen LogP contribution in [0.2, 0.25) is 0 Å². The molecular weight excluding hydrogens is 226 g/mol. The van der Waals surface area contributed by atoms with Crippen LogP contribution in [-0.2, 0) is 6.61 Å². The number of hydrogen-bond donors (Lipinski definition) is 2. The normalized spacial score (nSPS) is 10.3. The Morgan fingerprint density at radius 2 is 1.89 bits per heavy atom. The zero-order valence-electron chi connectivity index (χ0n) is 10.6. The first kappa shape index (κ1) is 12.3. The first-order chi connectivity index (χ1) is 8.56. The smallest absolute Gasteiger partial charge is 0.123 e. The number of phenolic OH excluding ortho intramolecular Hbond substituents is 1. The van der Waals surface area contributed by atoms with Gasteiger partial charge in [-0.05, 0) is 54.8 Å². The van der Waals surface area contributed by atoms with Gasteiger partial charge in [0.05, 0.1) is 0 Å². The van der Waals surface area contributed by atoms with Crippen LogP contribution in [0.25, 0.3) is 0 Å². The van der Waals surface area contributed by atoms with Crippen molar-refractivity contribution in [1.29, 1.82) is 0 Å². The Hall–Kier alpha value is -2.16. The molecule has 3 N–H and O–H groups in total. The molecule has 0 aromatic heterocycles. The fourth-order valence-electron chi connectivity index (χ4n) is 1.77. The van der Waals surface area contributed by atoms with Gasteiger partial charge in [0.2, 0.25) is 0 Å². The number of anilines is 1.